The molecule has 2 heterocycles. The molecule has 0 aliphatic carbocycles. The fraction of sp³-hybridized carbons (Fsp3) is 0.188. The average molecular weight is 266 g/mol. The lowest BCUT2D eigenvalue weighted by Gasteiger charge is -2.12. The van der Waals surface area contributed by atoms with E-state index in [0.717, 1.165) is 18.1 Å². The molecule has 4 heteroatoms. The fourth-order valence-electron chi connectivity index (χ4n) is 2.23. The molecular formula is C16H18N4. The SMILES string of the molecule is CN(C)c1ccc(NCc2c[nH]c3ccccc23)cn1. The third-order valence-corrected chi connectivity index (χ3v) is 3.36. The molecule has 20 heavy (non-hydrogen) atoms. The number of nitrogens with one attached hydrogen (secondary N) is 2. The van der Waals surface area contributed by atoms with Gasteiger partial charge in [0.25, 0.3) is 0 Å². The standard InChI is InChI=1S/C16H18N4/c1-20(2)16-8-7-13(11-19-16)17-9-12-10-18-15-6-4-3-5-14(12)15/h3-8,10-11,17-18H,9H2,1-2H3. The number of H-pyrrole nitrogens is 1. The lowest BCUT2D eigenvalue weighted by Crippen LogP contribution is -2.10. The van der Waals surface area contributed by atoms with Crippen LogP contribution in [0.5, 0.6) is 0 Å². The number of hydrogen-bond acceptors (Lipinski definition) is 3. The maximum absolute atomic E-state index is 4.40. The van der Waals surface area contributed by atoms with E-state index in [-0.39, 0.29) is 0 Å². The van der Waals surface area contributed by atoms with Crippen LogP contribution in [0.25, 0.3) is 10.9 Å². The Labute approximate surface area is 118 Å². The Morgan fingerprint density at radius 3 is 2.75 bits per heavy atom. The summed E-state index contributed by atoms with van der Waals surface area (Å²) in [7, 11) is 3.97. The Morgan fingerprint density at radius 1 is 1.15 bits per heavy atom. The van der Waals surface area contributed by atoms with Gasteiger partial charge < -0.3 is 15.2 Å². The maximum Gasteiger partial charge on any atom is 0.128 e. The molecule has 0 bridgehead atoms. The van der Waals surface area contributed by atoms with Crippen LogP contribution in [0.15, 0.2) is 48.8 Å². The molecule has 0 radical (unpaired) electrons. The minimum Gasteiger partial charge on any atom is -0.380 e. The van der Waals surface area contributed by atoms with Crippen LogP contribution >= 0.6 is 0 Å². The summed E-state index contributed by atoms with van der Waals surface area (Å²) >= 11 is 0. The third-order valence-electron chi connectivity index (χ3n) is 3.36. The van der Waals surface area contributed by atoms with E-state index in [9.17, 15) is 0 Å². The molecule has 0 fully saturated rings. The van der Waals surface area contributed by atoms with Gasteiger partial charge in [-0.1, -0.05) is 18.2 Å². The predicted molar refractivity (Wildman–Crippen MR) is 84.2 cm³/mol. The molecule has 102 valence electrons. The summed E-state index contributed by atoms with van der Waals surface area (Å²) in [4.78, 5) is 9.67. The highest BCUT2D eigenvalue weighted by atomic mass is 15.1. The number of rotatable bonds is 4. The van der Waals surface area contributed by atoms with Crippen LogP contribution in [0.2, 0.25) is 0 Å². The molecule has 0 atom stereocenters. The van der Waals surface area contributed by atoms with E-state index in [2.05, 4.69) is 45.7 Å². The van der Waals surface area contributed by atoms with Crippen molar-refractivity contribution in [2.45, 2.75) is 6.54 Å². The molecule has 0 aliphatic heterocycles. The first-order chi connectivity index (χ1) is 9.74. The van der Waals surface area contributed by atoms with Crippen LogP contribution < -0.4 is 10.2 Å². The Hall–Kier alpha value is -2.49. The first kappa shape index (κ1) is 12.5. The number of aromatic amines is 1. The zero-order chi connectivity index (χ0) is 13.9. The average Bonchev–Trinajstić information content (AvgIpc) is 2.89. The molecule has 4 nitrogen and oxygen atoms in total. The number of anilines is 2. The predicted octanol–water partition coefficient (Wildman–Crippen LogP) is 3.24. The van der Waals surface area contributed by atoms with E-state index in [0.29, 0.717) is 0 Å². The topological polar surface area (TPSA) is 44.0 Å². The second-order valence-corrected chi connectivity index (χ2v) is 5.01. The second kappa shape index (κ2) is 5.25. The molecule has 1 aromatic carbocycles. The number of aromatic nitrogens is 2. The van der Waals surface area contributed by atoms with Crippen molar-refractivity contribution < 1.29 is 0 Å². The number of para-hydroxylation sites is 1. The van der Waals surface area contributed by atoms with Gasteiger partial charge in [-0.15, -0.1) is 0 Å². The van der Waals surface area contributed by atoms with Crippen LogP contribution in [0.1, 0.15) is 5.56 Å². The molecule has 0 aliphatic rings. The van der Waals surface area contributed by atoms with Gasteiger partial charge in [0.15, 0.2) is 0 Å². The highest BCUT2D eigenvalue weighted by molar-refractivity contribution is 5.83. The summed E-state index contributed by atoms with van der Waals surface area (Å²) < 4.78 is 0. The number of fused-ring (bicyclic) bond motifs is 1. The summed E-state index contributed by atoms with van der Waals surface area (Å²) in [6, 6.07) is 12.4. The summed E-state index contributed by atoms with van der Waals surface area (Å²) in [6.07, 6.45) is 3.92. The third kappa shape index (κ3) is 2.45. The Bertz CT molecular complexity index is 698. The molecule has 0 amide bonds. The molecule has 0 unspecified atom stereocenters. The van der Waals surface area contributed by atoms with E-state index in [1.807, 2.05) is 37.3 Å². The van der Waals surface area contributed by atoms with Crippen LogP contribution in [0.3, 0.4) is 0 Å². The first-order valence-electron chi connectivity index (χ1n) is 6.66. The molecule has 0 saturated heterocycles. The van der Waals surface area contributed by atoms with Crippen molar-refractivity contribution in [3.05, 3.63) is 54.4 Å². The first-order valence-corrected chi connectivity index (χ1v) is 6.66. The van der Waals surface area contributed by atoms with Gasteiger partial charge in [-0.25, -0.2) is 4.98 Å². The van der Waals surface area contributed by atoms with Gasteiger partial charge in [-0.2, -0.15) is 0 Å². The highest BCUT2D eigenvalue weighted by Gasteiger charge is 2.03. The summed E-state index contributed by atoms with van der Waals surface area (Å²) in [6.45, 7) is 0.785. The summed E-state index contributed by atoms with van der Waals surface area (Å²) in [5, 5.41) is 4.67. The quantitative estimate of drug-likeness (QED) is 0.762. The molecule has 0 spiro atoms. The van der Waals surface area contributed by atoms with Crippen LogP contribution in [-0.2, 0) is 6.54 Å². The normalized spacial score (nSPS) is 10.7. The van der Waals surface area contributed by atoms with Crippen molar-refractivity contribution in [2.24, 2.45) is 0 Å². The zero-order valence-electron chi connectivity index (χ0n) is 11.7. The Morgan fingerprint density at radius 2 is 2.00 bits per heavy atom. The van der Waals surface area contributed by atoms with Gasteiger partial charge >= 0.3 is 0 Å². The van der Waals surface area contributed by atoms with Gasteiger partial charge in [0.2, 0.25) is 0 Å². The number of nitrogens with zero attached hydrogens (tertiary/aromatic N) is 2. The smallest absolute Gasteiger partial charge is 0.128 e. The Kier molecular flexibility index (Phi) is 3.29. The minimum atomic E-state index is 0.785. The van der Waals surface area contributed by atoms with E-state index in [4.69, 9.17) is 0 Å². The molecular weight excluding hydrogens is 248 g/mol. The van der Waals surface area contributed by atoms with Gasteiger partial charge in [-0.05, 0) is 23.8 Å². The summed E-state index contributed by atoms with van der Waals surface area (Å²) in [5.74, 6) is 0.961. The van der Waals surface area contributed by atoms with E-state index in [1.54, 1.807) is 0 Å². The van der Waals surface area contributed by atoms with Crippen molar-refractivity contribution >= 4 is 22.4 Å². The lowest BCUT2D eigenvalue weighted by atomic mass is 10.2. The van der Waals surface area contributed by atoms with Gasteiger partial charge in [0, 0.05) is 37.7 Å². The number of pyridine rings is 1. The fourth-order valence-corrected chi connectivity index (χ4v) is 2.23. The van der Waals surface area contributed by atoms with E-state index < -0.39 is 0 Å². The zero-order valence-corrected chi connectivity index (χ0v) is 11.7. The minimum absolute atomic E-state index is 0.785. The largest absolute Gasteiger partial charge is 0.380 e. The van der Waals surface area contributed by atoms with Crippen LogP contribution in [0.4, 0.5) is 11.5 Å². The van der Waals surface area contributed by atoms with Crippen LogP contribution in [-0.4, -0.2) is 24.1 Å². The molecule has 3 rings (SSSR count). The van der Waals surface area contributed by atoms with Crippen molar-refractivity contribution in [3.8, 4) is 0 Å². The molecule has 3 aromatic rings. The van der Waals surface area contributed by atoms with Crippen molar-refractivity contribution in [3.63, 3.8) is 0 Å². The summed E-state index contributed by atoms with van der Waals surface area (Å²) in [5.41, 5.74) is 3.46. The maximum atomic E-state index is 4.40. The van der Waals surface area contributed by atoms with Gasteiger partial charge in [0.1, 0.15) is 5.82 Å². The lowest BCUT2D eigenvalue weighted by molar-refractivity contribution is 1.06. The number of hydrogen-bond donors (Lipinski definition) is 2. The molecule has 2 aromatic heterocycles. The number of benzene rings is 1. The monoisotopic (exact) mass is 266 g/mol. The Balaban J connectivity index is 1.73. The molecule has 2 N–H and O–H groups in total. The van der Waals surface area contributed by atoms with Crippen molar-refractivity contribution in [1.82, 2.24) is 9.97 Å². The highest BCUT2D eigenvalue weighted by Crippen LogP contribution is 2.19. The van der Waals surface area contributed by atoms with Crippen molar-refractivity contribution in [1.29, 1.82) is 0 Å². The van der Waals surface area contributed by atoms with Crippen LogP contribution in [0, 0.1) is 0 Å². The second-order valence-electron chi connectivity index (χ2n) is 5.01. The molecule has 0 saturated carbocycles. The van der Waals surface area contributed by atoms with Gasteiger partial charge in [0.05, 0.1) is 11.9 Å². The van der Waals surface area contributed by atoms with E-state index >= 15 is 0 Å². The van der Waals surface area contributed by atoms with Crippen molar-refractivity contribution in [2.75, 3.05) is 24.3 Å². The van der Waals surface area contributed by atoms with E-state index in [1.165, 1.54) is 16.5 Å². The van der Waals surface area contributed by atoms with Gasteiger partial charge in [-0.3, -0.25) is 0 Å².